The van der Waals surface area contributed by atoms with E-state index < -0.39 is 0 Å². The van der Waals surface area contributed by atoms with Gasteiger partial charge in [0, 0.05) is 51.6 Å². The van der Waals surface area contributed by atoms with E-state index in [2.05, 4.69) is 63.6 Å². The van der Waals surface area contributed by atoms with E-state index in [9.17, 15) is 0 Å². The predicted octanol–water partition coefficient (Wildman–Crippen LogP) is 3.24. The van der Waals surface area contributed by atoms with Crippen LogP contribution in [0.3, 0.4) is 0 Å². The number of rotatable bonds is 9. The number of nitrogens with one attached hydrogen (secondary N) is 2. The molecule has 0 aliphatic rings. The number of halogens is 1. The van der Waals surface area contributed by atoms with Gasteiger partial charge in [-0.05, 0) is 37.3 Å². The van der Waals surface area contributed by atoms with Gasteiger partial charge in [-0.25, -0.2) is 0 Å². The number of fused-ring (bicyclic) bond motifs is 1. The number of hydrogen-bond donors (Lipinski definition) is 2. The third kappa shape index (κ3) is 6.68. The molecule has 2 aromatic rings. The summed E-state index contributed by atoms with van der Waals surface area (Å²) in [5.41, 5.74) is 1.29. The largest absolute Gasteiger partial charge is 0.385 e. The number of aryl methyl sites for hydroxylation is 1. The lowest BCUT2D eigenvalue weighted by Crippen LogP contribution is -2.38. The molecule has 0 fully saturated rings. The standard InChI is InChI=1S/C18H28N4O.HI/c1-3-19-18(21-12-7-15-23-2)20-11-6-13-22-14-10-16-8-4-5-9-17(16)22;/h4-5,8-10,14H,3,6-7,11-13,15H2,1-2H3,(H2,19,20,21);1H. The Morgan fingerprint density at radius 3 is 2.79 bits per heavy atom. The Bertz CT molecular complexity index is 612. The average molecular weight is 444 g/mol. The maximum Gasteiger partial charge on any atom is 0.191 e. The maximum atomic E-state index is 5.06. The van der Waals surface area contributed by atoms with Crippen LogP contribution < -0.4 is 10.6 Å². The summed E-state index contributed by atoms with van der Waals surface area (Å²) in [6.07, 6.45) is 4.16. The second-order valence-electron chi connectivity index (χ2n) is 5.46. The topological polar surface area (TPSA) is 50.6 Å². The van der Waals surface area contributed by atoms with E-state index in [0.29, 0.717) is 0 Å². The number of aliphatic imine (C=N–C) groups is 1. The number of ether oxygens (including phenoxy) is 1. The number of aromatic nitrogens is 1. The van der Waals surface area contributed by atoms with Gasteiger partial charge in [0.2, 0.25) is 0 Å². The lowest BCUT2D eigenvalue weighted by molar-refractivity contribution is 0.195. The summed E-state index contributed by atoms with van der Waals surface area (Å²) in [5.74, 6) is 0.890. The molecule has 0 spiro atoms. The van der Waals surface area contributed by atoms with Crippen LogP contribution in [0, 0.1) is 0 Å². The van der Waals surface area contributed by atoms with Gasteiger partial charge in [0.1, 0.15) is 0 Å². The van der Waals surface area contributed by atoms with E-state index >= 15 is 0 Å². The van der Waals surface area contributed by atoms with Gasteiger partial charge in [0.15, 0.2) is 5.96 Å². The predicted molar refractivity (Wildman–Crippen MR) is 112 cm³/mol. The number of guanidine groups is 1. The molecular formula is C18H29IN4O. The summed E-state index contributed by atoms with van der Waals surface area (Å²) >= 11 is 0. The number of methoxy groups -OCH3 is 1. The Hall–Kier alpha value is -1.28. The first-order chi connectivity index (χ1) is 11.3. The van der Waals surface area contributed by atoms with Gasteiger partial charge < -0.3 is 19.9 Å². The molecule has 0 radical (unpaired) electrons. The van der Waals surface area contributed by atoms with Crippen molar-refractivity contribution < 1.29 is 4.74 Å². The Labute approximate surface area is 161 Å². The van der Waals surface area contributed by atoms with Crippen LogP contribution in [0.25, 0.3) is 10.9 Å². The Balaban J connectivity index is 0.00000288. The van der Waals surface area contributed by atoms with Crippen LogP contribution >= 0.6 is 24.0 Å². The van der Waals surface area contributed by atoms with E-state index in [4.69, 9.17) is 4.74 Å². The Morgan fingerprint density at radius 2 is 2.00 bits per heavy atom. The molecule has 5 nitrogen and oxygen atoms in total. The zero-order chi connectivity index (χ0) is 16.3. The molecule has 0 saturated carbocycles. The zero-order valence-electron chi connectivity index (χ0n) is 14.6. The molecule has 0 saturated heterocycles. The first-order valence-corrected chi connectivity index (χ1v) is 8.40. The van der Waals surface area contributed by atoms with Gasteiger partial charge in [-0.1, -0.05) is 18.2 Å². The fraction of sp³-hybridized carbons (Fsp3) is 0.500. The molecule has 1 aromatic heterocycles. The molecule has 0 bridgehead atoms. The fourth-order valence-corrected chi connectivity index (χ4v) is 2.53. The van der Waals surface area contributed by atoms with Gasteiger partial charge >= 0.3 is 0 Å². The van der Waals surface area contributed by atoms with Gasteiger partial charge in [-0.2, -0.15) is 0 Å². The highest BCUT2D eigenvalue weighted by Crippen LogP contribution is 2.15. The van der Waals surface area contributed by atoms with Crippen LogP contribution in [0.4, 0.5) is 0 Å². The maximum absolute atomic E-state index is 5.06. The molecule has 0 aliphatic heterocycles. The fourth-order valence-electron chi connectivity index (χ4n) is 2.53. The number of para-hydroxylation sites is 1. The lowest BCUT2D eigenvalue weighted by Gasteiger charge is -2.11. The monoisotopic (exact) mass is 444 g/mol. The molecule has 2 rings (SSSR count). The lowest BCUT2D eigenvalue weighted by atomic mass is 10.2. The normalized spacial score (nSPS) is 11.3. The number of benzene rings is 1. The molecule has 2 N–H and O–H groups in total. The highest BCUT2D eigenvalue weighted by atomic mass is 127. The zero-order valence-corrected chi connectivity index (χ0v) is 17.0. The molecule has 1 aromatic carbocycles. The van der Waals surface area contributed by atoms with Crippen molar-refractivity contribution in [2.75, 3.05) is 33.4 Å². The SMILES string of the molecule is CCNC(=NCCCn1ccc2ccccc21)NCCCOC.I. The molecule has 0 aliphatic carbocycles. The van der Waals surface area contributed by atoms with Gasteiger partial charge in [0.05, 0.1) is 0 Å². The van der Waals surface area contributed by atoms with Crippen molar-refractivity contribution >= 4 is 40.8 Å². The van der Waals surface area contributed by atoms with Crippen molar-refractivity contribution in [2.24, 2.45) is 4.99 Å². The summed E-state index contributed by atoms with van der Waals surface area (Å²) in [4.78, 5) is 4.63. The van der Waals surface area contributed by atoms with E-state index in [1.54, 1.807) is 7.11 Å². The van der Waals surface area contributed by atoms with Crippen LogP contribution in [-0.2, 0) is 11.3 Å². The van der Waals surface area contributed by atoms with Crippen molar-refractivity contribution in [2.45, 2.75) is 26.3 Å². The van der Waals surface area contributed by atoms with Gasteiger partial charge in [-0.15, -0.1) is 24.0 Å². The van der Waals surface area contributed by atoms with Crippen LogP contribution in [0.1, 0.15) is 19.8 Å². The van der Waals surface area contributed by atoms with Crippen molar-refractivity contribution in [3.8, 4) is 0 Å². The molecule has 0 unspecified atom stereocenters. The van der Waals surface area contributed by atoms with Gasteiger partial charge in [-0.3, -0.25) is 4.99 Å². The highest BCUT2D eigenvalue weighted by Gasteiger charge is 2.00. The molecule has 1 heterocycles. The number of nitrogens with zero attached hydrogens (tertiary/aromatic N) is 2. The van der Waals surface area contributed by atoms with Crippen molar-refractivity contribution in [3.63, 3.8) is 0 Å². The van der Waals surface area contributed by atoms with Crippen molar-refractivity contribution in [1.82, 2.24) is 15.2 Å². The molecule has 0 amide bonds. The quantitative estimate of drug-likeness (QED) is 0.270. The summed E-state index contributed by atoms with van der Waals surface area (Å²) in [5, 5.41) is 7.90. The third-order valence-corrected chi connectivity index (χ3v) is 3.67. The van der Waals surface area contributed by atoms with E-state index in [-0.39, 0.29) is 24.0 Å². The Kier molecular flexibility index (Phi) is 10.5. The minimum Gasteiger partial charge on any atom is -0.385 e. The minimum atomic E-state index is 0. The number of hydrogen-bond acceptors (Lipinski definition) is 2. The van der Waals surface area contributed by atoms with Crippen LogP contribution in [0.15, 0.2) is 41.5 Å². The van der Waals surface area contributed by atoms with Crippen molar-refractivity contribution in [3.05, 3.63) is 36.5 Å². The van der Waals surface area contributed by atoms with Crippen molar-refractivity contribution in [1.29, 1.82) is 0 Å². The summed E-state index contributed by atoms with van der Waals surface area (Å²) in [7, 11) is 1.73. The molecule has 6 heteroatoms. The van der Waals surface area contributed by atoms with Crippen LogP contribution in [0.2, 0.25) is 0 Å². The smallest absolute Gasteiger partial charge is 0.191 e. The second-order valence-corrected chi connectivity index (χ2v) is 5.46. The highest BCUT2D eigenvalue weighted by molar-refractivity contribution is 14.0. The van der Waals surface area contributed by atoms with Crippen LogP contribution in [0.5, 0.6) is 0 Å². The van der Waals surface area contributed by atoms with Gasteiger partial charge in [0.25, 0.3) is 0 Å². The van der Waals surface area contributed by atoms with E-state index in [0.717, 1.165) is 51.6 Å². The average Bonchev–Trinajstić information content (AvgIpc) is 2.98. The second kappa shape index (κ2) is 12.1. The van der Waals surface area contributed by atoms with Crippen LogP contribution in [-0.4, -0.2) is 43.9 Å². The first-order valence-electron chi connectivity index (χ1n) is 8.40. The minimum absolute atomic E-state index is 0. The molecule has 0 atom stereocenters. The summed E-state index contributed by atoms with van der Waals surface area (Å²) in [6.45, 7) is 6.40. The van der Waals surface area contributed by atoms with E-state index in [1.165, 1.54) is 10.9 Å². The molecular weight excluding hydrogens is 415 g/mol. The summed E-state index contributed by atoms with van der Waals surface area (Å²) < 4.78 is 7.35. The molecule has 134 valence electrons. The molecule has 24 heavy (non-hydrogen) atoms. The Morgan fingerprint density at radius 1 is 1.17 bits per heavy atom. The van der Waals surface area contributed by atoms with E-state index in [1.807, 2.05) is 0 Å². The first kappa shape index (κ1) is 20.8. The summed E-state index contributed by atoms with van der Waals surface area (Å²) in [6, 6.07) is 10.6. The third-order valence-electron chi connectivity index (χ3n) is 3.67.